The number of ether oxygens (including phenoxy) is 1. The Morgan fingerprint density at radius 1 is 1.35 bits per heavy atom. The molecule has 0 amide bonds. The Kier molecular flexibility index (Phi) is 6.02. The molecule has 1 aromatic carbocycles. The van der Waals surface area contributed by atoms with Gasteiger partial charge in [-0.1, -0.05) is 0 Å². The van der Waals surface area contributed by atoms with Crippen LogP contribution in [0.5, 0.6) is 0 Å². The van der Waals surface area contributed by atoms with E-state index in [1.165, 1.54) is 12.1 Å². The van der Waals surface area contributed by atoms with Crippen LogP contribution in [0.15, 0.2) is 16.6 Å². The van der Waals surface area contributed by atoms with Gasteiger partial charge in [0.25, 0.3) is 0 Å². The Hall–Kier alpha value is -0.520. The molecule has 0 bridgehead atoms. The number of halogens is 3. The van der Waals surface area contributed by atoms with Gasteiger partial charge in [0.05, 0.1) is 17.2 Å². The highest BCUT2D eigenvalue weighted by molar-refractivity contribution is 9.10. The predicted octanol–water partition coefficient (Wildman–Crippen LogP) is 3.24. The summed E-state index contributed by atoms with van der Waals surface area (Å²) >= 11 is 3.03. The molecule has 1 N–H and O–H groups in total. The van der Waals surface area contributed by atoms with E-state index in [1.54, 1.807) is 0 Å². The first-order valence-electron chi connectivity index (χ1n) is 5.47. The molecule has 0 aliphatic rings. The molecule has 0 aromatic heterocycles. The third kappa shape index (κ3) is 4.69. The number of hydrogen-bond donors (Lipinski definition) is 1. The van der Waals surface area contributed by atoms with Crippen LogP contribution < -0.4 is 5.32 Å². The maximum Gasteiger partial charge on any atom is 0.144 e. The van der Waals surface area contributed by atoms with Gasteiger partial charge >= 0.3 is 0 Å². The van der Waals surface area contributed by atoms with Crippen molar-refractivity contribution in [3.63, 3.8) is 0 Å². The zero-order valence-corrected chi connectivity index (χ0v) is 11.5. The van der Waals surface area contributed by atoms with E-state index < -0.39 is 11.6 Å². The number of benzene rings is 1. The monoisotopic (exact) mass is 307 g/mol. The summed E-state index contributed by atoms with van der Waals surface area (Å²) in [5.74, 6) is -1.09. The van der Waals surface area contributed by atoms with Gasteiger partial charge in [-0.2, -0.15) is 0 Å². The van der Waals surface area contributed by atoms with Crippen LogP contribution in [-0.2, 0) is 11.3 Å². The van der Waals surface area contributed by atoms with Crippen molar-refractivity contribution >= 4 is 15.9 Å². The maximum atomic E-state index is 13.5. The lowest BCUT2D eigenvalue weighted by atomic mass is 10.2. The summed E-state index contributed by atoms with van der Waals surface area (Å²) in [6.45, 7) is 5.11. The molecule has 0 unspecified atom stereocenters. The topological polar surface area (TPSA) is 21.3 Å². The van der Waals surface area contributed by atoms with Gasteiger partial charge in [-0.25, -0.2) is 8.78 Å². The number of hydrogen-bond acceptors (Lipinski definition) is 2. The van der Waals surface area contributed by atoms with Crippen LogP contribution in [-0.4, -0.2) is 19.3 Å². The highest BCUT2D eigenvalue weighted by Crippen LogP contribution is 2.21. The van der Waals surface area contributed by atoms with E-state index in [0.29, 0.717) is 13.2 Å². The third-order valence-corrected chi connectivity index (χ3v) is 2.78. The molecule has 0 saturated carbocycles. The molecular weight excluding hydrogens is 292 g/mol. The fourth-order valence-electron chi connectivity index (χ4n) is 1.31. The molecule has 96 valence electrons. The molecule has 17 heavy (non-hydrogen) atoms. The summed E-state index contributed by atoms with van der Waals surface area (Å²) in [5, 5.41) is 2.94. The van der Waals surface area contributed by atoms with Crippen molar-refractivity contribution in [3.05, 3.63) is 33.8 Å². The minimum Gasteiger partial charge on any atom is -0.377 e. The summed E-state index contributed by atoms with van der Waals surface area (Å²) in [6.07, 6.45) is 0.163. The average molecular weight is 308 g/mol. The zero-order chi connectivity index (χ0) is 12.8. The van der Waals surface area contributed by atoms with Crippen molar-refractivity contribution in [2.75, 3.05) is 13.2 Å². The lowest BCUT2D eigenvalue weighted by Gasteiger charge is -2.10. The molecule has 1 aromatic rings. The highest BCUT2D eigenvalue weighted by Gasteiger charge is 2.11. The molecule has 2 nitrogen and oxygen atoms in total. The van der Waals surface area contributed by atoms with Gasteiger partial charge in [0, 0.05) is 18.7 Å². The molecular formula is C12H16BrF2NO. The normalized spacial score (nSPS) is 11.2. The Balaban J connectivity index is 2.44. The van der Waals surface area contributed by atoms with Crippen LogP contribution >= 0.6 is 15.9 Å². The summed E-state index contributed by atoms with van der Waals surface area (Å²) in [4.78, 5) is 0. The SMILES string of the molecule is CC(C)OCCNCc1c(F)ccc(Br)c1F. The molecule has 0 saturated heterocycles. The second kappa shape index (κ2) is 7.03. The van der Waals surface area contributed by atoms with E-state index in [9.17, 15) is 8.78 Å². The van der Waals surface area contributed by atoms with Gasteiger partial charge in [0.2, 0.25) is 0 Å². The summed E-state index contributed by atoms with van der Waals surface area (Å²) < 4.78 is 32.5. The fraction of sp³-hybridized carbons (Fsp3) is 0.500. The van der Waals surface area contributed by atoms with E-state index in [4.69, 9.17) is 4.74 Å². The molecule has 0 atom stereocenters. The highest BCUT2D eigenvalue weighted by atomic mass is 79.9. The van der Waals surface area contributed by atoms with E-state index >= 15 is 0 Å². The van der Waals surface area contributed by atoms with Crippen molar-refractivity contribution < 1.29 is 13.5 Å². The average Bonchev–Trinajstić information content (AvgIpc) is 2.27. The summed E-state index contributed by atoms with van der Waals surface area (Å²) in [6, 6.07) is 2.60. The van der Waals surface area contributed by atoms with Crippen LogP contribution in [0.3, 0.4) is 0 Å². The summed E-state index contributed by atoms with van der Waals surface area (Å²) in [5.41, 5.74) is 0.0453. The van der Waals surface area contributed by atoms with Crippen molar-refractivity contribution in [2.24, 2.45) is 0 Å². The van der Waals surface area contributed by atoms with Gasteiger partial charge in [0.1, 0.15) is 11.6 Å². The van der Waals surface area contributed by atoms with Gasteiger partial charge < -0.3 is 10.1 Å². The quantitative estimate of drug-likeness (QED) is 0.643. The number of nitrogens with one attached hydrogen (secondary N) is 1. The largest absolute Gasteiger partial charge is 0.377 e. The second-order valence-corrected chi connectivity index (χ2v) is 4.77. The van der Waals surface area contributed by atoms with Crippen molar-refractivity contribution in [3.8, 4) is 0 Å². The van der Waals surface area contributed by atoms with E-state index in [1.807, 2.05) is 13.8 Å². The van der Waals surface area contributed by atoms with Crippen molar-refractivity contribution in [1.29, 1.82) is 0 Å². The molecule has 0 radical (unpaired) electrons. The first kappa shape index (κ1) is 14.5. The van der Waals surface area contributed by atoms with Crippen molar-refractivity contribution in [1.82, 2.24) is 5.32 Å². The standard InChI is InChI=1S/C12H16BrF2NO/c1-8(2)17-6-5-16-7-9-11(14)4-3-10(13)12(9)15/h3-4,8,16H,5-7H2,1-2H3. The molecule has 0 heterocycles. The second-order valence-electron chi connectivity index (χ2n) is 3.92. The van der Waals surface area contributed by atoms with Gasteiger partial charge in [-0.15, -0.1) is 0 Å². The number of rotatable bonds is 6. The Labute approximate surface area is 108 Å². The molecule has 0 aliphatic carbocycles. The van der Waals surface area contributed by atoms with Crippen LogP contribution in [0.4, 0.5) is 8.78 Å². The lowest BCUT2D eigenvalue weighted by molar-refractivity contribution is 0.0806. The Bertz CT molecular complexity index is 372. The smallest absolute Gasteiger partial charge is 0.144 e. The van der Waals surface area contributed by atoms with E-state index in [2.05, 4.69) is 21.2 Å². The zero-order valence-electron chi connectivity index (χ0n) is 9.90. The maximum absolute atomic E-state index is 13.5. The van der Waals surface area contributed by atoms with Crippen LogP contribution in [0.25, 0.3) is 0 Å². The minimum atomic E-state index is -0.553. The molecule has 0 spiro atoms. The van der Waals surface area contributed by atoms with E-state index in [-0.39, 0.29) is 22.7 Å². The first-order chi connectivity index (χ1) is 8.02. The first-order valence-corrected chi connectivity index (χ1v) is 6.26. The predicted molar refractivity (Wildman–Crippen MR) is 66.9 cm³/mol. The van der Waals surface area contributed by atoms with Crippen molar-refractivity contribution in [2.45, 2.75) is 26.5 Å². The van der Waals surface area contributed by atoms with Gasteiger partial charge in [0.15, 0.2) is 0 Å². The molecule has 0 aliphatic heterocycles. The van der Waals surface area contributed by atoms with Crippen LogP contribution in [0.1, 0.15) is 19.4 Å². The summed E-state index contributed by atoms with van der Waals surface area (Å²) in [7, 11) is 0. The van der Waals surface area contributed by atoms with E-state index in [0.717, 1.165) is 0 Å². The molecule has 1 rings (SSSR count). The van der Waals surface area contributed by atoms with Crippen LogP contribution in [0.2, 0.25) is 0 Å². The van der Waals surface area contributed by atoms with Crippen LogP contribution in [0, 0.1) is 11.6 Å². The minimum absolute atomic E-state index is 0.0453. The Morgan fingerprint density at radius 3 is 2.71 bits per heavy atom. The van der Waals surface area contributed by atoms with Gasteiger partial charge in [-0.05, 0) is 41.9 Å². The third-order valence-electron chi connectivity index (χ3n) is 2.17. The fourth-order valence-corrected chi connectivity index (χ4v) is 1.68. The Morgan fingerprint density at radius 2 is 2.06 bits per heavy atom. The molecule has 5 heteroatoms. The van der Waals surface area contributed by atoms with Gasteiger partial charge in [-0.3, -0.25) is 0 Å². The molecule has 0 fully saturated rings. The lowest BCUT2D eigenvalue weighted by Crippen LogP contribution is -2.22.